The second kappa shape index (κ2) is 6.96. The van der Waals surface area contributed by atoms with Gasteiger partial charge in [0.15, 0.2) is 11.5 Å². The van der Waals surface area contributed by atoms with Gasteiger partial charge in [0.1, 0.15) is 17.2 Å². The lowest BCUT2D eigenvalue weighted by Gasteiger charge is -2.18. The number of nitrogen functional groups attached to an aromatic ring is 1. The van der Waals surface area contributed by atoms with Gasteiger partial charge in [-0.1, -0.05) is 11.6 Å². The molecule has 0 radical (unpaired) electrons. The van der Waals surface area contributed by atoms with Crippen LogP contribution in [0.25, 0.3) is 11.3 Å². The Labute approximate surface area is 166 Å². The maximum absolute atomic E-state index is 13.9. The zero-order valence-electron chi connectivity index (χ0n) is 14.3. The number of aromatic nitrogens is 2. The Bertz CT molecular complexity index is 1110. The van der Waals surface area contributed by atoms with E-state index in [0.717, 1.165) is 12.1 Å². The summed E-state index contributed by atoms with van der Waals surface area (Å²) in [5.41, 5.74) is 4.27. The molecule has 0 aliphatic carbocycles. The van der Waals surface area contributed by atoms with E-state index in [9.17, 15) is 17.6 Å². The van der Waals surface area contributed by atoms with Crippen molar-refractivity contribution in [3.05, 3.63) is 52.8 Å². The summed E-state index contributed by atoms with van der Waals surface area (Å²) in [4.78, 5) is 7.48. The van der Waals surface area contributed by atoms with Gasteiger partial charge in [0, 0.05) is 11.3 Å². The molecule has 6 nitrogen and oxygen atoms in total. The van der Waals surface area contributed by atoms with Crippen LogP contribution in [0.4, 0.5) is 35.0 Å². The third kappa shape index (κ3) is 3.70. The minimum Gasteiger partial charge on any atom is -0.454 e. The molecule has 0 spiro atoms. The minimum absolute atomic E-state index is 0.0328. The van der Waals surface area contributed by atoms with Crippen LogP contribution in [0.1, 0.15) is 5.56 Å². The van der Waals surface area contributed by atoms with E-state index in [1.54, 1.807) is 0 Å². The molecule has 0 saturated carbocycles. The molecule has 0 saturated heterocycles. The second-order valence-corrected chi connectivity index (χ2v) is 6.38. The number of nitrogens with zero attached hydrogens (tertiary/aromatic N) is 2. The van der Waals surface area contributed by atoms with Crippen LogP contribution < -0.4 is 20.5 Å². The van der Waals surface area contributed by atoms with Gasteiger partial charge in [-0.05, 0) is 36.4 Å². The third-order valence-corrected chi connectivity index (χ3v) is 4.33. The molecular formula is C18H11ClF4N4O2. The highest BCUT2D eigenvalue weighted by Gasteiger charge is 2.39. The quantitative estimate of drug-likeness (QED) is 0.573. The average molecular weight is 427 g/mol. The summed E-state index contributed by atoms with van der Waals surface area (Å²) in [5, 5.41) is 2.23. The molecule has 3 N–H and O–H groups in total. The number of ether oxygens (including phenoxy) is 2. The largest absolute Gasteiger partial charge is 0.454 e. The Morgan fingerprint density at radius 3 is 2.52 bits per heavy atom. The van der Waals surface area contributed by atoms with Gasteiger partial charge in [0.25, 0.3) is 0 Å². The predicted molar refractivity (Wildman–Crippen MR) is 97.7 cm³/mol. The average Bonchev–Trinajstić information content (AvgIpc) is 3.11. The van der Waals surface area contributed by atoms with Gasteiger partial charge in [-0.15, -0.1) is 0 Å². The summed E-state index contributed by atoms with van der Waals surface area (Å²) >= 11 is 5.70. The molecule has 1 aliphatic rings. The maximum atomic E-state index is 13.9. The van der Waals surface area contributed by atoms with Crippen LogP contribution in [0.2, 0.25) is 5.02 Å². The highest BCUT2D eigenvalue weighted by atomic mass is 35.5. The lowest BCUT2D eigenvalue weighted by atomic mass is 10.0. The first kappa shape index (κ1) is 19.1. The fraction of sp³-hybridized carbons (Fsp3) is 0.111. The zero-order chi connectivity index (χ0) is 20.8. The normalized spacial score (nSPS) is 12.9. The molecule has 4 rings (SSSR count). The summed E-state index contributed by atoms with van der Waals surface area (Å²) in [5.74, 6) is -1.01. The Balaban J connectivity index is 1.86. The molecule has 0 unspecified atom stereocenters. The summed E-state index contributed by atoms with van der Waals surface area (Å²) in [6.07, 6.45) is -4.83. The van der Waals surface area contributed by atoms with Gasteiger partial charge in [-0.3, -0.25) is 0 Å². The van der Waals surface area contributed by atoms with Crippen LogP contribution in [-0.4, -0.2) is 16.8 Å². The summed E-state index contributed by atoms with van der Waals surface area (Å²) in [6, 6.07) is 7.63. The highest BCUT2D eigenvalue weighted by Crippen LogP contribution is 2.43. The number of fused-ring (bicyclic) bond motifs is 1. The van der Waals surface area contributed by atoms with Crippen LogP contribution in [0, 0.1) is 5.82 Å². The first-order valence-electron chi connectivity index (χ1n) is 8.09. The molecule has 29 heavy (non-hydrogen) atoms. The number of nitrogens with two attached hydrogens (primary N) is 1. The number of nitrogens with one attached hydrogen (secondary N) is 1. The monoisotopic (exact) mass is 426 g/mol. The number of rotatable bonds is 3. The molecule has 0 amide bonds. The van der Waals surface area contributed by atoms with E-state index in [1.807, 2.05) is 0 Å². The van der Waals surface area contributed by atoms with Crippen molar-refractivity contribution < 1.29 is 27.0 Å². The predicted octanol–water partition coefficient (Wildman–Crippen LogP) is 5.01. The van der Waals surface area contributed by atoms with Crippen molar-refractivity contribution >= 4 is 29.1 Å². The van der Waals surface area contributed by atoms with Crippen molar-refractivity contribution in [2.24, 2.45) is 0 Å². The molecule has 1 aliphatic heterocycles. The lowest BCUT2D eigenvalue weighted by Crippen LogP contribution is -2.15. The molecule has 0 bridgehead atoms. The van der Waals surface area contributed by atoms with Gasteiger partial charge in [-0.25, -0.2) is 9.37 Å². The van der Waals surface area contributed by atoms with Crippen molar-refractivity contribution in [2.75, 3.05) is 17.8 Å². The smallest absolute Gasteiger partial charge is 0.422 e. The van der Waals surface area contributed by atoms with Crippen LogP contribution in [0.5, 0.6) is 11.5 Å². The van der Waals surface area contributed by atoms with Gasteiger partial charge in [0.2, 0.25) is 12.7 Å². The van der Waals surface area contributed by atoms with Crippen LogP contribution in [0.3, 0.4) is 0 Å². The molecule has 1 aromatic heterocycles. The molecule has 2 aromatic carbocycles. The minimum atomic E-state index is -4.83. The first-order chi connectivity index (χ1) is 13.7. The Morgan fingerprint density at radius 2 is 1.79 bits per heavy atom. The molecule has 2 heterocycles. The molecular weight excluding hydrogens is 416 g/mol. The van der Waals surface area contributed by atoms with Crippen molar-refractivity contribution in [2.45, 2.75) is 6.18 Å². The van der Waals surface area contributed by atoms with Gasteiger partial charge >= 0.3 is 6.18 Å². The topological polar surface area (TPSA) is 82.3 Å². The third-order valence-electron chi connectivity index (χ3n) is 4.04. The van der Waals surface area contributed by atoms with E-state index in [1.165, 1.54) is 24.3 Å². The number of hydrogen-bond donors (Lipinski definition) is 2. The van der Waals surface area contributed by atoms with Crippen molar-refractivity contribution in [3.63, 3.8) is 0 Å². The fourth-order valence-corrected chi connectivity index (χ4v) is 2.98. The Kier molecular flexibility index (Phi) is 4.58. The molecule has 0 fully saturated rings. The number of benzene rings is 2. The summed E-state index contributed by atoms with van der Waals surface area (Å²) in [6.45, 7) is -0.0328. The van der Waals surface area contributed by atoms with Crippen LogP contribution >= 0.6 is 11.6 Å². The number of alkyl halides is 3. The Hall–Kier alpha value is -3.27. The highest BCUT2D eigenvalue weighted by molar-refractivity contribution is 6.31. The van der Waals surface area contributed by atoms with Crippen molar-refractivity contribution in [3.8, 4) is 22.8 Å². The first-order valence-corrected chi connectivity index (χ1v) is 8.47. The molecule has 11 heteroatoms. The summed E-state index contributed by atoms with van der Waals surface area (Å²) in [7, 11) is 0. The fourth-order valence-electron chi connectivity index (χ4n) is 2.80. The van der Waals surface area contributed by atoms with Crippen LogP contribution in [-0.2, 0) is 6.18 Å². The molecule has 0 atom stereocenters. The van der Waals surface area contributed by atoms with Gasteiger partial charge in [0.05, 0.1) is 10.7 Å². The number of anilines is 3. The maximum Gasteiger partial charge on any atom is 0.422 e. The van der Waals surface area contributed by atoms with E-state index in [4.69, 9.17) is 26.8 Å². The van der Waals surface area contributed by atoms with E-state index in [-0.39, 0.29) is 34.8 Å². The molecule has 150 valence electrons. The van der Waals surface area contributed by atoms with E-state index < -0.39 is 29.1 Å². The lowest BCUT2D eigenvalue weighted by molar-refractivity contribution is -0.136. The summed E-state index contributed by atoms with van der Waals surface area (Å²) < 4.78 is 65.6. The standard InChI is InChI=1S/C18H11ClF4N4O2/c19-10-6-9(2-3-11(10)20)25-16-14(18(21,22)23)15(26-17(24)27-16)8-1-4-12-13(5-8)29-7-28-12/h1-6H,7H2,(H3,24,25,26,27). The SMILES string of the molecule is Nc1nc(Nc2ccc(F)c(Cl)c2)c(C(F)(F)F)c(-c2ccc3c(c2)OCO3)n1. The van der Waals surface area contributed by atoms with Gasteiger partial charge in [-0.2, -0.15) is 18.2 Å². The molecule has 3 aromatic rings. The van der Waals surface area contributed by atoms with Crippen LogP contribution in [0.15, 0.2) is 36.4 Å². The van der Waals surface area contributed by atoms with Gasteiger partial charge < -0.3 is 20.5 Å². The number of halogens is 5. The van der Waals surface area contributed by atoms with Crippen molar-refractivity contribution in [1.29, 1.82) is 0 Å². The Morgan fingerprint density at radius 1 is 1.03 bits per heavy atom. The zero-order valence-corrected chi connectivity index (χ0v) is 15.1. The van der Waals surface area contributed by atoms with E-state index >= 15 is 0 Å². The van der Waals surface area contributed by atoms with Crippen molar-refractivity contribution in [1.82, 2.24) is 9.97 Å². The number of hydrogen-bond acceptors (Lipinski definition) is 6. The van der Waals surface area contributed by atoms with E-state index in [2.05, 4.69) is 15.3 Å². The second-order valence-electron chi connectivity index (χ2n) is 5.97. The van der Waals surface area contributed by atoms with E-state index in [0.29, 0.717) is 5.75 Å².